The van der Waals surface area contributed by atoms with Gasteiger partial charge in [0.25, 0.3) is 0 Å². The summed E-state index contributed by atoms with van der Waals surface area (Å²) in [6, 6.07) is 0. The van der Waals surface area contributed by atoms with Gasteiger partial charge in [-0.15, -0.1) is 0 Å². The maximum atomic E-state index is 9.61. The Morgan fingerprint density at radius 3 is 2.80 bits per heavy atom. The topological polar surface area (TPSA) is 93.3 Å². The molecular weight excluding hydrogens is 256 g/mol. The second kappa shape index (κ2) is 6.74. The molecule has 1 aliphatic carbocycles. The van der Waals surface area contributed by atoms with Crippen LogP contribution in [0.5, 0.6) is 5.88 Å². The van der Waals surface area contributed by atoms with Gasteiger partial charge < -0.3 is 20.9 Å². The maximum Gasteiger partial charge on any atom is 0.242 e. The molecule has 4 N–H and O–H groups in total. The van der Waals surface area contributed by atoms with E-state index >= 15 is 0 Å². The van der Waals surface area contributed by atoms with Gasteiger partial charge in [0.15, 0.2) is 5.82 Å². The fraction of sp³-hybridized carbons (Fsp3) is 0.714. The van der Waals surface area contributed by atoms with Crippen molar-refractivity contribution in [3.8, 4) is 5.88 Å². The number of ether oxygens (including phenoxy) is 1. The first-order chi connectivity index (χ1) is 9.71. The minimum absolute atomic E-state index is 0.0399. The number of nitrogens with two attached hydrogens (primary N) is 1. The molecule has 0 saturated heterocycles. The summed E-state index contributed by atoms with van der Waals surface area (Å²) in [5, 5.41) is 12.9. The Bertz CT molecular complexity index is 433. The van der Waals surface area contributed by atoms with E-state index in [1.165, 1.54) is 19.2 Å². The van der Waals surface area contributed by atoms with Crippen LogP contribution in [0.2, 0.25) is 0 Å². The summed E-state index contributed by atoms with van der Waals surface area (Å²) in [6.45, 7) is 3.49. The summed E-state index contributed by atoms with van der Waals surface area (Å²) in [5.74, 6) is 1.01. The number of aromatic nitrogens is 2. The van der Waals surface area contributed by atoms with Crippen molar-refractivity contribution >= 4 is 11.5 Å². The molecule has 6 heteroatoms. The molecule has 1 heterocycles. The monoisotopic (exact) mass is 280 g/mol. The third-order valence-corrected chi connectivity index (χ3v) is 3.92. The lowest BCUT2D eigenvalue weighted by atomic mass is 9.87. The molecule has 0 aromatic carbocycles. The highest BCUT2D eigenvalue weighted by molar-refractivity contribution is 5.66. The number of aliphatic hydroxyl groups is 1. The summed E-state index contributed by atoms with van der Waals surface area (Å²) >= 11 is 0. The molecule has 6 nitrogen and oxygen atoms in total. The van der Waals surface area contributed by atoms with Gasteiger partial charge in [0.05, 0.1) is 13.2 Å². The van der Waals surface area contributed by atoms with Crippen LogP contribution in [0.1, 0.15) is 39.0 Å². The number of nitrogens with zero attached hydrogens (tertiary/aromatic N) is 2. The number of rotatable bonds is 7. The molecule has 1 saturated carbocycles. The smallest absolute Gasteiger partial charge is 0.242 e. The summed E-state index contributed by atoms with van der Waals surface area (Å²) in [5.41, 5.74) is 6.42. The molecule has 0 atom stereocenters. The molecule has 0 amide bonds. The van der Waals surface area contributed by atoms with Gasteiger partial charge in [0, 0.05) is 12.0 Å². The average Bonchev–Trinajstić information content (AvgIpc) is 2.94. The highest BCUT2D eigenvalue weighted by atomic mass is 16.5. The number of hydrogen-bond donors (Lipinski definition) is 3. The first-order valence-corrected chi connectivity index (χ1v) is 7.29. The van der Waals surface area contributed by atoms with Gasteiger partial charge in [0.1, 0.15) is 12.0 Å². The Labute approximate surface area is 119 Å². The molecule has 112 valence electrons. The van der Waals surface area contributed by atoms with Gasteiger partial charge in [-0.05, 0) is 19.3 Å². The molecule has 0 bridgehead atoms. The number of anilines is 2. The second-order valence-electron chi connectivity index (χ2n) is 5.51. The van der Waals surface area contributed by atoms with Crippen LogP contribution in [0, 0.1) is 5.41 Å². The van der Waals surface area contributed by atoms with Gasteiger partial charge in [-0.1, -0.05) is 19.8 Å². The van der Waals surface area contributed by atoms with Crippen LogP contribution in [-0.2, 0) is 0 Å². The van der Waals surface area contributed by atoms with E-state index in [9.17, 15) is 5.11 Å². The minimum Gasteiger partial charge on any atom is -0.476 e. The molecule has 20 heavy (non-hydrogen) atoms. The summed E-state index contributed by atoms with van der Waals surface area (Å²) in [7, 11) is 0. The molecule has 2 rings (SSSR count). The zero-order chi connectivity index (χ0) is 14.4. The summed E-state index contributed by atoms with van der Waals surface area (Å²) < 4.78 is 5.48. The van der Waals surface area contributed by atoms with Gasteiger partial charge in [-0.2, -0.15) is 4.98 Å². The lowest BCUT2D eigenvalue weighted by Crippen LogP contribution is -2.31. The van der Waals surface area contributed by atoms with Crippen LogP contribution >= 0.6 is 0 Å². The molecule has 1 fully saturated rings. The fourth-order valence-electron chi connectivity index (χ4n) is 2.62. The number of aliphatic hydroxyl groups excluding tert-OH is 1. The van der Waals surface area contributed by atoms with Crippen LogP contribution in [0.3, 0.4) is 0 Å². The van der Waals surface area contributed by atoms with E-state index in [-0.39, 0.29) is 12.0 Å². The van der Waals surface area contributed by atoms with Crippen LogP contribution in [0.25, 0.3) is 0 Å². The largest absolute Gasteiger partial charge is 0.476 e. The van der Waals surface area contributed by atoms with E-state index < -0.39 is 0 Å². The van der Waals surface area contributed by atoms with Gasteiger partial charge in [-0.3, -0.25) is 0 Å². The first kappa shape index (κ1) is 14.8. The van der Waals surface area contributed by atoms with Crippen LogP contribution < -0.4 is 15.8 Å². The molecule has 0 aliphatic heterocycles. The number of nitrogens with one attached hydrogen (secondary N) is 1. The van der Waals surface area contributed by atoms with Crippen molar-refractivity contribution in [1.29, 1.82) is 0 Å². The maximum absolute atomic E-state index is 9.61. The normalized spacial score (nSPS) is 17.1. The van der Waals surface area contributed by atoms with E-state index in [2.05, 4.69) is 15.3 Å². The van der Waals surface area contributed by atoms with Crippen molar-refractivity contribution in [3.05, 3.63) is 6.33 Å². The Morgan fingerprint density at radius 2 is 2.15 bits per heavy atom. The number of nitrogen functional groups attached to an aromatic ring is 1. The lowest BCUT2D eigenvalue weighted by molar-refractivity contribution is 0.142. The van der Waals surface area contributed by atoms with E-state index in [1.807, 2.05) is 6.92 Å². The van der Waals surface area contributed by atoms with Gasteiger partial charge in [-0.25, -0.2) is 4.98 Å². The second-order valence-corrected chi connectivity index (χ2v) is 5.51. The summed E-state index contributed by atoms with van der Waals surface area (Å²) in [4.78, 5) is 8.21. The molecular formula is C14H24N4O2. The molecule has 0 spiro atoms. The Balaban J connectivity index is 2.02. The Hall–Kier alpha value is -1.56. The van der Waals surface area contributed by atoms with Gasteiger partial charge >= 0.3 is 0 Å². The zero-order valence-electron chi connectivity index (χ0n) is 12.1. The zero-order valence-corrected chi connectivity index (χ0v) is 12.1. The molecule has 1 aliphatic rings. The predicted octanol–water partition coefficient (Wildman–Crippen LogP) is 1.81. The van der Waals surface area contributed by atoms with E-state index in [0.29, 0.717) is 30.5 Å². The van der Waals surface area contributed by atoms with E-state index in [0.717, 1.165) is 19.3 Å². The van der Waals surface area contributed by atoms with Crippen molar-refractivity contribution in [2.75, 3.05) is 30.8 Å². The fourth-order valence-corrected chi connectivity index (χ4v) is 2.62. The van der Waals surface area contributed by atoms with Crippen molar-refractivity contribution < 1.29 is 9.84 Å². The van der Waals surface area contributed by atoms with Crippen LogP contribution in [0.4, 0.5) is 11.5 Å². The average molecular weight is 280 g/mol. The Morgan fingerprint density at radius 1 is 1.40 bits per heavy atom. The molecule has 0 unspecified atom stereocenters. The third kappa shape index (κ3) is 3.30. The number of hydrogen-bond acceptors (Lipinski definition) is 6. The minimum atomic E-state index is -0.0399. The molecule has 1 aromatic heterocycles. The van der Waals surface area contributed by atoms with Crippen LogP contribution in [-0.4, -0.2) is 34.8 Å². The third-order valence-electron chi connectivity index (χ3n) is 3.92. The predicted molar refractivity (Wildman–Crippen MR) is 78.7 cm³/mol. The summed E-state index contributed by atoms with van der Waals surface area (Å²) in [6.07, 6.45) is 6.78. The highest BCUT2D eigenvalue weighted by Gasteiger charge is 2.33. The first-order valence-electron chi connectivity index (χ1n) is 7.29. The van der Waals surface area contributed by atoms with Crippen molar-refractivity contribution in [1.82, 2.24) is 9.97 Å². The van der Waals surface area contributed by atoms with Gasteiger partial charge in [0.2, 0.25) is 5.88 Å². The van der Waals surface area contributed by atoms with Crippen molar-refractivity contribution in [2.45, 2.75) is 39.0 Å². The van der Waals surface area contributed by atoms with Crippen molar-refractivity contribution in [2.24, 2.45) is 5.41 Å². The lowest BCUT2D eigenvalue weighted by Gasteiger charge is -2.27. The molecule has 1 aromatic rings. The van der Waals surface area contributed by atoms with E-state index in [1.54, 1.807) is 0 Å². The van der Waals surface area contributed by atoms with Crippen LogP contribution in [0.15, 0.2) is 6.33 Å². The van der Waals surface area contributed by atoms with Crippen molar-refractivity contribution in [3.63, 3.8) is 0 Å². The quantitative estimate of drug-likeness (QED) is 0.705. The highest BCUT2D eigenvalue weighted by Crippen LogP contribution is 2.38. The SMILES string of the molecule is CCCOc1ncnc(NCC2(CO)CCCC2)c1N. The molecule has 0 radical (unpaired) electrons. The Kier molecular flexibility index (Phi) is 5.00. The standard InChI is InChI=1S/C14H24N4O2/c1-2-7-20-13-11(15)12(17-10-18-13)16-8-14(9-19)5-3-4-6-14/h10,19H,2-9,15H2,1H3,(H,16,17,18). The van der Waals surface area contributed by atoms with E-state index in [4.69, 9.17) is 10.5 Å².